The second-order valence-corrected chi connectivity index (χ2v) is 4.74. The zero-order valence-corrected chi connectivity index (χ0v) is 11.7. The lowest BCUT2D eigenvalue weighted by molar-refractivity contribution is 0.411. The lowest BCUT2D eigenvalue weighted by Crippen LogP contribution is -2.29. The summed E-state index contributed by atoms with van der Waals surface area (Å²) in [5.41, 5.74) is 5.43. The van der Waals surface area contributed by atoms with Crippen molar-refractivity contribution in [2.24, 2.45) is 5.84 Å². The third-order valence-electron chi connectivity index (χ3n) is 3.40. The smallest absolute Gasteiger partial charge is 0.126 e. The number of rotatable bonds is 5. The highest BCUT2D eigenvalue weighted by atomic mass is 19.1. The van der Waals surface area contributed by atoms with E-state index in [0.29, 0.717) is 12.0 Å². The van der Waals surface area contributed by atoms with Crippen LogP contribution in [0.5, 0.6) is 5.75 Å². The number of nitrogens with two attached hydrogens (primary N) is 1. The summed E-state index contributed by atoms with van der Waals surface area (Å²) in [6.45, 7) is 1.97. The summed E-state index contributed by atoms with van der Waals surface area (Å²) < 4.78 is 19.0. The number of benzene rings is 2. The van der Waals surface area contributed by atoms with Gasteiger partial charge in [0.25, 0.3) is 0 Å². The molecule has 0 radical (unpaired) electrons. The largest absolute Gasteiger partial charge is 0.496 e. The Labute approximate surface area is 118 Å². The number of aryl methyl sites for hydroxylation is 1. The first-order chi connectivity index (χ1) is 9.65. The summed E-state index contributed by atoms with van der Waals surface area (Å²) >= 11 is 0. The number of hydrogen-bond donors (Lipinski definition) is 2. The minimum absolute atomic E-state index is 0.142. The van der Waals surface area contributed by atoms with Gasteiger partial charge in [0.2, 0.25) is 0 Å². The quantitative estimate of drug-likeness (QED) is 0.651. The second kappa shape index (κ2) is 6.50. The average Bonchev–Trinajstić information content (AvgIpc) is 2.46. The summed E-state index contributed by atoms with van der Waals surface area (Å²) in [4.78, 5) is 0. The molecule has 0 amide bonds. The first kappa shape index (κ1) is 14.5. The highest BCUT2D eigenvalue weighted by Crippen LogP contribution is 2.25. The SMILES string of the molecule is COc1ccc(C(Cc2ccccc2F)NN)cc1C. The van der Waals surface area contributed by atoms with E-state index in [-0.39, 0.29) is 11.9 Å². The number of methoxy groups -OCH3 is 1. The van der Waals surface area contributed by atoms with Crippen LogP contribution in [-0.2, 0) is 6.42 Å². The van der Waals surface area contributed by atoms with Gasteiger partial charge in [-0.2, -0.15) is 0 Å². The van der Waals surface area contributed by atoms with E-state index in [2.05, 4.69) is 5.43 Å². The van der Waals surface area contributed by atoms with Crippen molar-refractivity contribution in [2.45, 2.75) is 19.4 Å². The van der Waals surface area contributed by atoms with Gasteiger partial charge in [-0.1, -0.05) is 30.3 Å². The second-order valence-electron chi connectivity index (χ2n) is 4.74. The molecular formula is C16H19FN2O. The third-order valence-corrected chi connectivity index (χ3v) is 3.40. The van der Waals surface area contributed by atoms with Crippen LogP contribution in [0.4, 0.5) is 4.39 Å². The number of hydrazine groups is 1. The van der Waals surface area contributed by atoms with Gasteiger partial charge in [-0.15, -0.1) is 0 Å². The molecule has 2 aromatic rings. The van der Waals surface area contributed by atoms with Crippen LogP contribution in [0.3, 0.4) is 0 Å². The molecule has 3 nitrogen and oxygen atoms in total. The maximum atomic E-state index is 13.7. The van der Waals surface area contributed by atoms with Crippen LogP contribution in [0, 0.1) is 12.7 Å². The number of nitrogens with one attached hydrogen (secondary N) is 1. The Kier molecular flexibility index (Phi) is 4.71. The van der Waals surface area contributed by atoms with Gasteiger partial charge in [-0.25, -0.2) is 4.39 Å². The van der Waals surface area contributed by atoms with E-state index in [4.69, 9.17) is 10.6 Å². The van der Waals surface area contributed by atoms with Gasteiger partial charge in [0.05, 0.1) is 13.2 Å². The molecule has 0 spiro atoms. The van der Waals surface area contributed by atoms with Gasteiger partial charge in [0.15, 0.2) is 0 Å². The molecule has 0 saturated carbocycles. The van der Waals surface area contributed by atoms with Crippen molar-refractivity contribution in [3.8, 4) is 5.75 Å². The van der Waals surface area contributed by atoms with Gasteiger partial charge in [0, 0.05) is 0 Å². The highest BCUT2D eigenvalue weighted by molar-refractivity contribution is 5.38. The van der Waals surface area contributed by atoms with E-state index in [9.17, 15) is 4.39 Å². The van der Waals surface area contributed by atoms with Crippen LogP contribution < -0.4 is 16.0 Å². The molecule has 1 unspecified atom stereocenters. The van der Waals surface area contributed by atoms with Gasteiger partial charge < -0.3 is 4.74 Å². The minimum atomic E-state index is -0.210. The molecular weight excluding hydrogens is 255 g/mol. The number of halogens is 1. The molecule has 1 atom stereocenters. The van der Waals surface area contributed by atoms with Gasteiger partial charge >= 0.3 is 0 Å². The van der Waals surface area contributed by atoms with Crippen molar-refractivity contribution in [1.29, 1.82) is 0 Å². The van der Waals surface area contributed by atoms with E-state index in [0.717, 1.165) is 16.9 Å². The van der Waals surface area contributed by atoms with Crippen molar-refractivity contribution in [3.63, 3.8) is 0 Å². The fourth-order valence-electron chi connectivity index (χ4n) is 2.28. The summed E-state index contributed by atoms with van der Waals surface area (Å²) in [7, 11) is 1.64. The lowest BCUT2D eigenvalue weighted by atomic mass is 9.97. The summed E-state index contributed by atoms with van der Waals surface area (Å²) in [5.74, 6) is 6.24. The van der Waals surface area contributed by atoms with E-state index < -0.39 is 0 Å². The average molecular weight is 274 g/mol. The topological polar surface area (TPSA) is 47.3 Å². The van der Waals surface area contributed by atoms with E-state index >= 15 is 0 Å². The fraction of sp³-hybridized carbons (Fsp3) is 0.250. The molecule has 0 heterocycles. The molecule has 0 bridgehead atoms. The molecule has 0 aliphatic carbocycles. The van der Waals surface area contributed by atoms with Gasteiger partial charge in [0.1, 0.15) is 11.6 Å². The molecule has 0 aliphatic heterocycles. The van der Waals surface area contributed by atoms with Crippen molar-refractivity contribution in [2.75, 3.05) is 7.11 Å². The lowest BCUT2D eigenvalue weighted by Gasteiger charge is -2.18. The molecule has 3 N–H and O–H groups in total. The zero-order chi connectivity index (χ0) is 14.5. The molecule has 0 fully saturated rings. The van der Waals surface area contributed by atoms with Gasteiger partial charge in [-0.05, 0) is 42.2 Å². The predicted molar refractivity (Wildman–Crippen MR) is 77.9 cm³/mol. The standard InChI is InChI=1S/C16H19FN2O/c1-11-9-13(7-8-16(11)20-2)15(19-18)10-12-5-3-4-6-14(12)17/h3-9,15,19H,10,18H2,1-2H3. The maximum absolute atomic E-state index is 13.7. The summed E-state index contributed by atoms with van der Waals surface area (Å²) in [6.07, 6.45) is 0.495. The monoisotopic (exact) mass is 274 g/mol. The van der Waals surface area contributed by atoms with Crippen LogP contribution in [0.1, 0.15) is 22.7 Å². The zero-order valence-electron chi connectivity index (χ0n) is 11.7. The maximum Gasteiger partial charge on any atom is 0.126 e. The molecule has 0 aromatic heterocycles. The van der Waals surface area contributed by atoms with Crippen LogP contribution in [0.2, 0.25) is 0 Å². The Hall–Kier alpha value is -1.91. The Bertz CT molecular complexity index is 586. The molecule has 2 rings (SSSR count). The van der Waals surface area contributed by atoms with E-state index in [1.165, 1.54) is 6.07 Å². The van der Waals surface area contributed by atoms with Crippen molar-refractivity contribution >= 4 is 0 Å². The molecule has 20 heavy (non-hydrogen) atoms. The van der Waals surface area contributed by atoms with Crippen LogP contribution in [0.25, 0.3) is 0 Å². The van der Waals surface area contributed by atoms with Crippen molar-refractivity contribution < 1.29 is 9.13 Å². The molecule has 0 aliphatic rings. The first-order valence-corrected chi connectivity index (χ1v) is 6.49. The predicted octanol–water partition coefficient (Wildman–Crippen LogP) is 2.89. The molecule has 2 aromatic carbocycles. The van der Waals surface area contributed by atoms with Crippen molar-refractivity contribution in [3.05, 3.63) is 65.0 Å². The molecule has 4 heteroatoms. The highest BCUT2D eigenvalue weighted by Gasteiger charge is 2.14. The third kappa shape index (κ3) is 3.15. The summed E-state index contributed by atoms with van der Waals surface area (Å²) in [6, 6.07) is 12.4. The molecule has 106 valence electrons. The Balaban J connectivity index is 2.24. The summed E-state index contributed by atoms with van der Waals surface area (Å²) in [5, 5.41) is 0. The van der Waals surface area contributed by atoms with Crippen LogP contribution >= 0.6 is 0 Å². The van der Waals surface area contributed by atoms with Crippen molar-refractivity contribution in [1.82, 2.24) is 5.43 Å². The Morgan fingerprint density at radius 2 is 2.00 bits per heavy atom. The van der Waals surface area contributed by atoms with Gasteiger partial charge in [-0.3, -0.25) is 11.3 Å². The Morgan fingerprint density at radius 1 is 1.25 bits per heavy atom. The number of ether oxygens (including phenoxy) is 1. The van der Waals surface area contributed by atoms with Crippen LogP contribution in [0.15, 0.2) is 42.5 Å². The van der Waals surface area contributed by atoms with E-state index in [1.807, 2.05) is 31.2 Å². The normalized spacial score (nSPS) is 12.2. The fourth-order valence-corrected chi connectivity index (χ4v) is 2.28. The first-order valence-electron chi connectivity index (χ1n) is 6.49. The van der Waals surface area contributed by atoms with E-state index in [1.54, 1.807) is 19.2 Å². The Morgan fingerprint density at radius 3 is 2.60 bits per heavy atom. The molecule has 0 saturated heterocycles. The van der Waals surface area contributed by atoms with Crippen LogP contribution in [-0.4, -0.2) is 7.11 Å². The minimum Gasteiger partial charge on any atom is -0.496 e. The number of hydrogen-bond acceptors (Lipinski definition) is 3.